The normalized spacial score (nSPS) is 21.4. The molecule has 1 aromatic rings. The van der Waals surface area contributed by atoms with Crippen molar-refractivity contribution in [1.29, 1.82) is 0 Å². The molecule has 1 aromatic carbocycles. The number of amides is 1. The molecular weight excluding hydrogens is 382 g/mol. The van der Waals surface area contributed by atoms with Gasteiger partial charge in [0.1, 0.15) is 0 Å². The fraction of sp³-hybridized carbons (Fsp3) is 0.562. The summed E-state index contributed by atoms with van der Waals surface area (Å²) in [6, 6.07) is 0.551. The van der Waals surface area contributed by atoms with E-state index in [1.54, 1.807) is 0 Å². The number of carbonyl (C=O) groups is 1. The maximum atomic E-state index is 12.9. The predicted molar refractivity (Wildman–Crippen MR) is 81.7 cm³/mol. The maximum absolute atomic E-state index is 12.9. The molecule has 11 heteroatoms. The Balaban J connectivity index is 2.24. The summed E-state index contributed by atoms with van der Waals surface area (Å²) in [6.45, 7) is -0.814. The first-order valence-electron chi connectivity index (χ1n) is 8.07. The van der Waals surface area contributed by atoms with Gasteiger partial charge < -0.3 is 10.2 Å². The molecule has 2 unspecified atom stereocenters. The smallest absolute Gasteiger partial charge is 0.416 e. The van der Waals surface area contributed by atoms with Crippen LogP contribution in [0.2, 0.25) is 0 Å². The number of hydrogen-bond acceptors (Lipinski definition) is 3. The maximum Gasteiger partial charge on any atom is 0.416 e. The molecule has 0 spiro atoms. The monoisotopic (exact) mass is 400 g/mol. The van der Waals surface area contributed by atoms with Crippen LogP contribution in [-0.2, 0) is 18.9 Å². The lowest BCUT2D eigenvalue weighted by Crippen LogP contribution is -2.56. The second-order valence-corrected chi connectivity index (χ2v) is 6.27. The van der Waals surface area contributed by atoms with E-state index in [4.69, 9.17) is 0 Å². The van der Waals surface area contributed by atoms with Crippen LogP contribution in [0.3, 0.4) is 0 Å². The number of alkyl halides is 6. The van der Waals surface area contributed by atoms with Crippen LogP contribution in [0.15, 0.2) is 18.2 Å². The molecule has 0 saturated carbocycles. The van der Waals surface area contributed by atoms with Crippen molar-refractivity contribution < 1.29 is 41.4 Å². The molecular formula is C16H18F6N2O3. The van der Waals surface area contributed by atoms with Gasteiger partial charge in [-0.1, -0.05) is 0 Å². The van der Waals surface area contributed by atoms with E-state index in [2.05, 4.69) is 5.32 Å². The number of aliphatic hydroxyl groups is 1. The third kappa shape index (κ3) is 5.25. The van der Waals surface area contributed by atoms with Crippen molar-refractivity contribution >= 4 is 6.09 Å². The number of piperidine rings is 1. The van der Waals surface area contributed by atoms with Crippen molar-refractivity contribution in [3.8, 4) is 0 Å². The summed E-state index contributed by atoms with van der Waals surface area (Å²) >= 11 is 0. The van der Waals surface area contributed by atoms with Crippen LogP contribution in [-0.4, -0.2) is 40.0 Å². The van der Waals surface area contributed by atoms with Crippen molar-refractivity contribution in [2.45, 2.75) is 50.4 Å². The first kappa shape index (κ1) is 21.3. The van der Waals surface area contributed by atoms with Crippen LogP contribution >= 0.6 is 0 Å². The second kappa shape index (κ2) is 7.93. The average molecular weight is 400 g/mol. The van der Waals surface area contributed by atoms with Gasteiger partial charge in [0.15, 0.2) is 0 Å². The van der Waals surface area contributed by atoms with Gasteiger partial charge in [-0.3, -0.25) is 10.2 Å². The van der Waals surface area contributed by atoms with Gasteiger partial charge in [0.2, 0.25) is 0 Å². The van der Waals surface area contributed by atoms with E-state index in [-0.39, 0.29) is 18.2 Å². The van der Waals surface area contributed by atoms with Gasteiger partial charge >= 0.3 is 18.4 Å². The fourth-order valence-electron chi connectivity index (χ4n) is 3.11. The zero-order chi connectivity index (χ0) is 20.4. The molecule has 0 bridgehead atoms. The molecule has 1 aliphatic rings. The zero-order valence-corrected chi connectivity index (χ0v) is 13.9. The molecule has 2 rings (SSSR count). The Labute approximate surface area is 150 Å². The van der Waals surface area contributed by atoms with Crippen LogP contribution in [0.1, 0.15) is 36.0 Å². The Hall–Kier alpha value is -2.01. The molecule has 1 aliphatic heterocycles. The van der Waals surface area contributed by atoms with Crippen LogP contribution in [0.4, 0.5) is 31.1 Å². The molecule has 0 aromatic heterocycles. The molecule has 1 saturated heterocycles. The van der Waals surface area contributed by atoms with Gasteiger partial charge in [0, 0.05) is 6.54 Å². The molecule has 0 radical (unpaired) electrons. The van der Waals surface area contributed by atoms with Crippen molar-refractivity contribution in [2.24, 2.45) is 0 Å². The summed E-state index contributed by atoms with van der Waals surface area (Å²) in [5.74, 6) is 0. The van der Waals surface area contributed by atoms with Crippen molar-refractivity contribution in [3.05, 3.63) is 34.9 Å². The fourth-order valence-corrected chi connectivity index (χ4v) is 3.11. The predicted octanol–water partition coefficient (Wildman–Crippen LogP) is 3.66. The van der Waals surface area contributed by atoms with Crippen LogP contribution < -0.4 is 5.32 Å². The van der Waals surface area contributed by atoms with Gasteiger partial charge in [-0.15, -0.1) is 0 Å². The lowest BCUT2D eigenvalue weighted by molar-refractivity contribution is -0.143. The number of likely N-dealkylation sites (tertiary alicyclic amines) is 1. The third-order valence-corrected chi connectivity index (χ3v) is 4.36. The summed E-state index contributed by atoms with van der Waals surface area (Å²) in [4.78, 5) is 12.3. The Morgan fingerprint density at radius 3 is 2.07 bits per heavy atom. The van der Waals surface area contributed by atoms with Gasteiger partial charge in [-0.2, -0.15) is 26.3 Å². The minimum Gasteiger partial charge on any atom is -0.465 e. The SMILES string of the molecule is O=C(O)N1C(CO)CCCC1NCc1cc(C(F)(F)F)cc(C(F)(F)F)c1. The molecule has 152 valence electrons. The number of rotatable bonds is 4. The lowest BCUT2D eigenvalue weighted by Gasteiger charge is -2.40. The number of halogens is 6. The molecule has 27 heavy (non-hydrogen) atoms. The Kier molecular flexibility index (Phi) is 6.25. The number of aliphatic hydroxyl groups excluding tert-OH is 1. The first-order valence-corrected chi connectivity index (χ1v) is 8.07. The highest BCUT2D eigenvalue weighted by molar-refractivity contribution is 5.66. The van der Waals surface area contributed by atoms with E-state index >= 15 is 0 Å². The molecule has 2 atom stereocenters. The Morgan fingerprint density at radius 1 is 1.07 bits per heavy atom. The van der Waals surface area contributed by atoms with Crippen molar-refractivity contribution in [2.75, 3.05) is 6.61 Å². The van der Waals surface area contributed by atoms with E-state index < -0.39 is 48.4 Å². The van der Waals surface area contributed by atoms with Crippen molar-refractivity contribution in [1.82, 2.24) is 10.2 Å². The highest BCUT2D eigenvalue weighted by Crippen LogP contribution is 2.36. The lowest BCUT2D eigenvalue weighted by atomic mass is 10.00. The van der Waals surface area contributed by atoms with E-state index in [1.165, 1.54) is 0 Å². The summed E-state index contributed by atoms with van der Waals surface area (Å²) < 4.78 is 77.4. The van der Waals surface area contributed by atoms with Crippen LogP contribution in [0, 0.1) is 0 Å². The quantitative estimate of drug-likeness (QED) is 0.675. The average Bonchev–Trinajstić information content (AvgIpc) is 2.57. The summed E-state index contributed by atoms with van der Waals surface area (Å²) in [5, 5.41) is 21.3. The minimum atomic E-state index is -4.95. The minimum absolute atomic E-state index is 0.0372. The number of benzene rings is 1. The Bertz CT molecular complexity index is 645. The van der Waals surface area contributed by atoms with Crippen LogP contribution in [0.5, 0.6) is 0 Å². The third-order valence-electron chi connectivity index (χ3n) is 4.36. The number of carboxylic acid groups (broad SMARTS) is 1. The van der Waals surface area contributed by atoms with Gasteiger partial charge in [-0.05, 0) is 43.0 Å². The molecule has 1 amide bonds. The highest BCUT2D eigenvalue weighted by Gasteiger charge is 2.37. The van der Waals surface area contributed by atoms with Gasteiger partial charge in [-0.25, -0.2) is 4.79 Å². The van der Waals surface area contributed by atoms with E-state index in [0.717, 1.165) is 4.90 Å². The van der Waals surface area contributed by atoms with E-state index in [1.807, 2.05) is 0 Å². The van der Waals surface area contributed by atoms with Gasteiger partial charge in [0.05, 0.1) is 29.9 Å². The van der Waals surface area contributed by atoms with Crippen LogP contribution in [0.25, 0.3) is 0 Å². The second-order valence-electron chi connectivity index (χ2n) is 6.27. The van der Waals surface area contributed by atoms with Crippen molar-refractivity contribution in [3.63, 3.8) is 0 Å². The number of nitrogens with zero attached hydrogens (tertiary/aromatic N) is 1. The van der Waals surface area contributed by atoms with Gasteiger partial charge in [0.25, 0.3) is 0 Å². The van der Waals surface area contributed by atoms with E-state index in [0.29, 0.717) is 31.4 Å². The standard InChI is InChI=1S/C16H18F6N2O3/c17-15(18,19)10-4-9(5-11(6-10)16(20,21)22)7-23-13-3-1-2-12(8-25)24(13)14(26)27/h4-6,12-13,23,25H,1-3,7-8H2,(H,26,27). The summed E-state index contributed by atoms with van der Waals surface area (Å²) in [6.07, 6.45) is -10.7. The molecule has 0 aliphatic carbocycles. The first-order chi connectivity index (χ1) is 12.4. The molecule has 3 N–H and O–H groups in total. The zero-order valence-electron chi connectivity index (χ0n) is 13.9. The van der Waals surface area contributed by atoms with E-state index in [9.17, 15) is 41.4 Å². The topological polar surface area (TPSA) is 72.8 Å². The molecule has 5 nitrogen and oxygen atoms in total. The highest BCUT2D eigenvalue weighted by atomic mass is 19.4. The summed E-state index contributed by atoms with van der Waals surface area (Å²) in [5.41, 5.74) is -3.13. The largest absolute Gasteiger partial charge is 0.465 e. The summed E-state index contributed by atoms with van der Waals surface area (Å²) in [7, 11) is 0. The number of nitrogens with one attached hydrogen (secondary N) is 1. The Morgan fingerprint density at radius 2 is 1.63 bits per heavy atom. The molecule has 1 heterocycles. The number of hydrogen-bond donors (Lipinski definition) is 3. The molecule has 1 fully saturated rings.